The van der Waals surface area contributed by atoms with E-state index < -0.39 is 5.97 Å². The zero-order chi connectivity index (χ0) is 13.1. The van der Waals surface area contributed by atoms with E-state index in [0.29, 0.717) is 20.5 Å². The minimum atomic E-state index is -0.463. The van der Waals surface area contributed by atoms with E-state index in [-0.39, 0.29) is 0 Å². The van der Waals surface area contributed by atoms with Crippen LogP contribution < -0.4 is 0 Å². The molecule has 0 fully saturated rings. The molecule has 0 unspecified atom stereocenters. The first-order valence-electron chi connectivity index (χ1n) is 5.00. The largest absolute Gasteiger partial charge is 0.464 e. The van der Waals surface area contributed by atoms with Crippen molar-refractivity contribution >= 4 is 28.6 Å². The summed E-state index contributed by atoms with van der Waals surface area (Å²) in [7, 11) is 1.31. The predicted molar refractivity (Wildman–Crippen MR) is 72.8 cm³/mol. The number of benzene rings is 1. The number of aromatic amines is 1. The van der Waals surface area contributed by atoms with Crippen LogP contribution in [0, 0.1) is 14.9 Å². The number of nitrogens with zero attached hydrogens (tertiary/aromatic N) is 2. The van der Waals surface area contributed by atoms with Gasteiger partial charge in [0.25, 0.3) is 0 Å². The van der Waals surface area contributed by atoms with Crippen LogP contribution in [0.25, 0.3) is 11.3 Å². The van der Waals surface area contributed by atoms with Crippen LogP contribution >= 0.6 is 22.6 Å². The molecule has 0 saturated carbocycles. The average Bonchev–Trinajstić information content (AvgIpc) is 2.80. The summed E-state index contributed by atoms with van der Waals surface area (Å²) in [6.07, 6.45) is 0. The second-order valence-corrected chi connectivity index (χ2v) is 4.52. The Balaban J connectivity index is 2.49. The topological polar surface area (TPSA) is 78.8 Å². The van der Waals surface area contributed by atoms with Crippen molar-refractivity contribution in [2.24, 2.45) is 0 Å². The second-order valence-electron chi connectivity index (χ2n) is 3.45. The molecule has 0 radical (unpaired) electrons. The van der Waals surface area contributed by atoms with Crippen molar-refractivity contribution in [3.8, 4) is 17.3 Å². The summed E-state index contributed by atoms with van der Waals surface area (Å²) in [6.45, 7) is 0. The lowest BCUT2D eigenvalue weighted by molar-refractivity contribution is 0.0593. The van der Waals surface area contributed by atoms with Gasteiger partial charge < -0.3 is 4.74 Å². The van der Waals surface area contributed by atoms with Crippen molar-refractivity contribution in [2.75, 3.05) is 7.11 Å². The number of esters is 1. The number of aromatic nitrogens is 2. The molecule has 0 spiro atoms. The van der Waals surface area contributed by atoms with E-state index >= 15 is 0 Å². The molecule has 2 rings (SSSR count). The van der Waals surface area contributed by atoms with Crippen molar-refractivity contribution in [3.05, 3.63) is 39.1 Å². The van der Waals surface area contributed by atoms with Crippen LogP contribution in [0.2, 0.25) is 0 Å². The zero-order valence-electron chi connectivity index (χ0n) is 9.40. The summed E-state index contributed by atoms with van der Waals surface area (Å²) in [5, 5.41) is 15.6. The Hall–Kier alpha value is -1.88. The number of methoxy groups -OCH3 is 1. The van der Waals surface area contributed by atoms with E-state index in [1.165, 1.54) is 7.11 Å². The number of rotatable bonds is 2. The standard InChI is InChI=1S/C12H8IN3O2/c1-18-12(17)11-9(13)10(15-16-11)8-4-2-3-7(5-8)6-14/h2-5H,1H3,(H,15,16). The Labute approximate surface area is 117 Å². The summed E-state index contributed by atoms with van der Waals surface area (Å²) in [5.41, 5.74) is 2.28. The molecule has 0 bridgehead atoms. The second kappa shape index (κ2) is 5.18. The Morgan fingerprint density at radius 2 is 2.33 bits per heavy atom. The fourth-order valence-corrected chi connectivity index (χ4v) is 2.27. The summed E-state index contributed by atoms with van der Waals surface area (Å²) < 4.78 is 5.32. The number of carbonyl (C=O) groups is 1. The first kappa shape index (κ1) is 12.6. The predicted octanol–water partition coefficient (Wildman–Crippen LogP) is 2.34. The van der Waals surface area contributed by atoms with Crippen molar-refractivity contribution in [2.45, 2.75) is 0 Å². The van der Waals surface area contributed by atoms with Crippen molar-refractivity contribution in [1.82, 2.24) is 10.2 Å². The van der Waals surface area contributed by atoms with Gasteiger partial charge in [0.1, 0.15) is 5.69 Å². The molecule has 1 heterocycles. The molecule has 0 aliphatic heterocycles. The van der Waals surface area contributed by atoms with E-state index in [4.69, 9.17) is 5.26 Å². The lowest BCUT2D eigenvalue weighted by atomic mass is 10.1. The molecule has 0 saturated heterocycles. The van der Waals surface area contributed by atoms with Crippen LogP contribution in [0.15, 0.2) is 24.3 Å². The number of carbonyl (C=O) groups excluding carboxylic acids is 1. The maximum absolute atomic E-state index is 11.5. The van der Waals surface area contributed by atoms with Gasteiger partial charge in [0, 0.05) is 5.56 Å². The van der Waals surface area contributed by atoms with Crippen LogP contribution in [0.1, 0.15) is 16.1 Å². The van der Waals surface area contributed by atoms with E-state index in [0.717, 1.165) is 5.56 Å². The molecule has 5 nitrogen and oxygen atoms in total. The monoisotopic (exact) mass is 353 g/mol. The minimum absolute atomic E-state index is 0.315. The van der Waals surface area contributed by atoms with Gasteiger partial charge in [0.05, 0.1) is 22.3 Å². The Morgan fingerprint density at radius 1 is 1.56 bits per heavy atom. The first-order valence-corrected chi connectivity index (χ1v) is 6.08. The lowest BCUT2D eigenvalue weighted by Gasteiger charge is -1.99. The highest BCUT2D eigenvalue weighted by atomic mass is 127. The number of nitrogens with one attached hydrogen (secondary N) is 1. The molecule has 2 aromatic rings. The van der Waals surface area contributed by atoms with Gasteiger partial charge in [-0.25, -0.2) is 4.79 Å². The van der Waals surface area contributed by atoms with Crippen LogP contribution in [0.3, 0.4) is 0 Å². The Kier molecular flexibility index (Phi) is 3.62. The molecular weight excluding hydrogens is 345 g/mol. The molecule has 0 atom stereocenters. The van der Waals surface area contributed by atoms with Gasteiger partial charge in [-0.2, -0.15) is 10.4 Å². The van der Waals surface area contributed by atoms with Crippen molar-refractivity contribution < 1.29 is 9.53 Å². The molecule has 1 aromatic carbocycles. The number of nitriles is 1. The van der Waals surface area contributed by atoms with Crippen molar-refractivity contribution in [1.29, 1.82) is 5.26 Å². The summed E-state index contributed by atoms with van der Waals surface area (Å²) >= 11 is 2.02. The third-order valence-corrected chi connectivity index (χ3v) is 3.41. The normalized spacial score (nSPS) is 9.83. The molecule has 90 valence electrons. The van der Waals surface area contributed by atoms with Crippen LogP contribution in [-0.2, 0) is 4.74 Å². The van der Waals surface area contributed by atoms with Gasteiger partial charge in [0.2, 0.25) is 0 Å². The fraction of sp³-hybridized carbons (Fsp3) is 0.0833. The third-order valence-electron chi connectivity index (χ3n) is 2.36. The molecule has 18 heavy (non-hydrogen) atoms. The van der Waals surface area contributed by atoms with E-state index in [1.807, 2.05) is 28.7 Å². The molecular formula is C12H8IN3O2. The van der Waals surface area contributed by atoms with E-state index in [2.05, 4.69) is 21.0 Å². The number of halogens is 1. The first-order chi connectivity index (χ1) is 8.67. The quantitative estimate of drug-likeness (QED) is 0.664. The zero-order valence-corrected chi connectivity index (χ0v) is 11.6. The van der Waals surface area contributed by atoms with Gasteiger partial charge in [-0.1, -0.05) is 12.1 Å². The highest BCUT2D eigenvalue weighted by Gasteiger charge is 2.18. The fourth-order valence-electron chi connectivity index (χ4n) is 1.49. The Bertz CT molecular complexity index is 643. The SMILES string of the molecule is COC(=O)c1[nH]nc(-c2cccc(C#N)c2)c1I. The maximum atomic E-state index is 11.5. The molecule has 1 N–H and O–H groups in total. The molecule has 1 aromatic heterocycles. The van der Waals surface area contributed by atoms with Crippen LogP contribution in [0.4, 0.5) is 0 Å². The van der Waals surface area contributed by atoms with Gasteiger partial charge in [-0.15, -0.1) is 0 Å². The van der Waals surface area contributed by atoms with Gasteiger partial charge >= 0.3 is 5.97 Å². The number of ether oxygens (including phenoxy) is 1. The molecule has 0 amide bonds. The summed E-state index contributed by atoms with van der Waals surface area (Å²) in [6, 6.07) is 9.11. The van der Waals surface area contributed by atoms with Crippen LogP contribution in [-0.4, -0.2) is 23.3 Å². The number of hydrogen-bond donors (Lipinski definition) is 1. The maximum Gasteiger partial charge on any atom is 0.357 e. The average molecular weight is 353 g/mol. The number of hydrogen-bond acceptors (Lipinski definition) is 4. The molecule has 0 aliphatic rings. The van der Waals surface area contributed by atoms with Gasteiger partial charge in [-0.05, 0) is 34.7 Å². The Morgan fingerprint density at radius 3 is 3.00 bits per heavy atom. The molecule has 6 heteroatoms. The smallest absolute Gasteiger partial charge is 0.357 e. The van der Waals surface area contributed by atoms with Crippen molar-refractivity contribution in [3.63, 3.8) is 0 Å². The van der Waals surface area contributed by atoms with E-state index in [9.17, 15) is 4.79 Å². The minimum Gasteiger partial charge on any atom is -0.464 e. The summed E-state index contributed by atoms with van der Waals surface area (Å²) in [5.74, 6) is -0.463. The highest BCUT2D eigenvalue weighted by molar-refractivity contribution is 14.1. The van der Waals surface area contributed by atoms with Crippen LogP contribution in [0.5, 0.6) is 0 Å². The third kappa shape index (κ3) is 2.22. The highest BCUT2D eigenvalue weighted by Crippen LogP contribution is 2.26. The molecule has 0 aliphatic carbocycles. The lowest BCUT2D eigenvalue weighted by Crippen LogP contribution is -2.03. The van der Waals surface area contributed by atoms with Gasteiger partial charge in [-0.3, -0.25) is 5.10 Å². The number of H-pyrrole nitrogens is 1. The summed E-state index contributed by atoms with van der Waals surface area (Å²) in [4.78, 5) is 11.5. The van der Waals surface area contributed by atoms with E-state index in [1.54, 1.807) is 18.2 Å². The van der Waals surface area contributed by atoms with Gasteiger partial charge in [0.15, 0.2) is 5.69 Å².